The van der Waals surface area contributed by atoms with Crippen molar-refractivity contribution < 1.29 is 13.2 Å². The smallest absolute Gasteiger partial charge is 0.248 e. The highest BCUT2D eigenvalue weighted by Gasteiger charge is 2.31. The summed E-state index contributed by atoms with van der Waals surface area (Å²) in [6, 6.07) is 4.17. The van der Waals surface area contributed by atoms with Gasteiger partial charge in [0.15, 0.2) is 0 Å². The Bertz CT molecular complexity index is 639. The number of nitrogens with zero attached hydrogens (tertiary/aromatic N) is 1. The summed E-state index contributed by atoms with van der Waals surface area (Å²) >= 11 is 3.21. The zero-order chi connectivity index (χ0) is 14.9. The molecule has 3 N–H and O–H groups in total. The SMILES string of the molecule is C[C@H]1CNCCN1S(=O)(=O)c1cc(Br)cc(C(N)=O)c1.Cl. The van der Waals surface area contributed by atoms with Gasteiger partial charge in [0.05, 0.1) is 4.90 Å². The average Bonchev–Trinajstić information content (AvgIpc) is 2.38. The number of carbonyl (C=O) groups excluding carboxylic acids is 1. The first-order chi connectivity index (χ1) is 9.32. The van der Waals surface area contributed by atoms with Gasteiger partial charge in [0, 0.05) is 35.7 Å². The quantitative estimate of drug-likeness (QED) is 0.793. The number of benzene rings is 1. The lowest BCUT2D eigenvalue weighted by atomic mass is 10.2. The van der Waals surface area contributed by atoms with Crippen LogP contribution < -0.4 is 11.1 Å². The second-order valence-electron chi connectivity index (χ2n) is 4.71. The van der Waals surface area contributed by atoms with Crippen molar-refractivity contribution in [2.24, 2.45) is 5.73 Å². The number of sulfonamides is 1. The van der Waals surface area contributed by atoms with Gasteiger partial charge < -0.3 is 11.1 Å². The molecule has 1 saturated heterocycles. The molecule has 21 heavy (non-hydrogen) atoms. The van der Waals surface area contributed by atoms with Crippen LogP contribution in [-0.2, 0) is 10.0 Å². The number of amides is 1. The van der Waals surface area contributed by atoms with Crippen molar-refractivity contribution in [2.75, 3.05) is 19.6 Å². The van der Waals surface area contributed by atoms with E-state index in [1.165, 1.54) is 22.5 Å². The fourth-order valence-electron chi connectivity index (χ4n) is 2.17. The van der Waals surface area contributed by atoms with Crippen LogP contribution in [0, 0.1) is 0 Å². The molecule has 1 fully saturated rings. The topological polar surface area (TPSA) is 92.5 Å². The summed E-state index contributed by atoms with van der Waals surface area (Å²) in [5.74, 6) is -0.656. The number of primary amides is 1. The molecule has 9 heteroatoms. The maximum absolute atomic E-state index is 12.6. The first kappa shape index (κ1) is 18.4. The van der Waals surface area contributed by atoms with Crippen LogP contribution in [0.2, 0.25) is 0 Å². The van der Waals surface area contributed by atoms with Crippen molar-refractivity contribution in [2.45, 2.75) is 17.9 Å². The highest BCUT2D eigenvalue weighted by Crippen LogP contribution is 2.24. The highest BCUT2D eigenvalue weighted by molar-refractivity contribution is 9.10. The molecule has 0 radical (unpaired) electrons. The summed E-state index contributed by atoms with van der Waals surface area (Å²) in [4.78, 5) is 11.3. The van der Waals surface area contributed by atoms with Gasteiger partial charge in [0.2, 0.25) is 15.9 Å². The van der Waals surface area contributed by atoms with Crippen molar-refractivity contribution >= 4 is 44.3 Å². The van der Waals surface area contributed by atoms with Crippen LogP contribution in [0.4, 0.5) is 0 Å². The van der Waals surface area contributed by atoms with Crippen LogP contribution in [0.25, 0.3) is 0 Å². The Balaban J connectivity index is 0.00000220. The molecule has 0 aliphatic carbocycles. The lowest BCUT2D eigenvalue weighted by Gasteiger charge is -2.32. The average molecular weight is 399 g/mol. The Morgan fingerprint density at radius 1 is 1.43 bits per heavy atom. The van der Waals surface area contributed by atoms with Gasteiger partial charge >= 0.3 is 0 Å². The minimum atomic E-state index is -3.63. The fourth-order valence-corrected chi connectivity index (χ4v) is 4.52. The predicted octanol–water partition coefficient (Wildman–Crippen LogP) is 0.952. The monoisotopic (exact) mass is 397 g/mol. The predicted molar refractivity (Wildman–Crippen MR) is 86.1 cm³/mol. The van der Waals surface area contributed by atoms with E-state index in [-0.39, 0.29) is 28.9 Å². The van der Waals surface area contributed by atoms with Crippen LogP contribution >= 0.6 is 28.3 Å². The van der Waals surface area contributed by atoms with Gasteiger partial charge in [-0.15, -0.1) is 12.4 Å². The van der Waals surface area contributed by atoms with Crippen LogP contribution in [-0.4, -0.2) is 44.3 Å². The van der Waals surface area contributed by atoms with Gasteiger partial charge in [-0.1, -0.05) is 15.9 Å². The van der Waals surface area contributed by atoms with Gasteiger partial charge in [-0.2, -0.15) is 4.31 Å². The zero-order valence-corrected chi connectivity index (χ0v) is 14.6. The summed E-state index contributed by atoms with van der Waals surface area (Å²) in [5, 5.41) is 3.14. The molecule has 1 heterocycles. The lowest BCUT2D eigenvalue weighted by molar-refractivity contribution is 0.1000. The third-order valence-corrected chi connectivity index (χ3v) is 5.65. The van der Waals surface area contributed by atoms with Crippen molar-refractivity contribution in [1.29, 1.82) is 0 Å². The van der Waals surface area contributed by atoms with Gasteiger partial charge in [-0.25, -0.2) is 8.42 Å². The van der Waals surface area contributed by atoms with E-state index in [0.717, 1.165) is 0 Å². The Morgan fingerprint density at radius 2 is 2.10 bits per heavy atom. The minimum Gasteiger partial charge on any atom is -0.366 e. The molecule has 118 valence electrons. The van der Waals surface area contributed by atoms with Gasteiger partial charge in [0.1, 0.15) is 0 Å². The molecule has 1 aliphatic heterocycles. The Morgan fingerprint density at radius 3 is 2.67 bits per heavy atom. The van der Waals surface area contributed by atoms with Gasteiger partial charge in [-0.05, 0) is 25.1 Å². The standard InChI is InChI=1S/C12H16BrN3O3S.ClH/c1-8-7-15-2-3-16(8)20(18,19)11-5-9(12(14)17)4-10(13)6-11;/h4-6,8,15H,2-3,7H2,1H3,(H2,14,17);1H/t8-;/m0./s1. The van der Waals surface area contributed by atoms with Crippen LogP contribution in [0.5, 0.6) is 0 Å². The molecule has 0 aromatic heterocycles. The summed E-state index contributed by atoms with van der Waals surface area (Å²) in [6.45, 7) is 3.47. The van der Waals surface area contributed by atoms with Crippen molar-refractivity contribution in [3.63, 3.8) is 0 Å². The van der Waals surface area contributed by atoms with E-state index in [1.54, 1.807) is 0 Å². The first-order valence-corrected chi connectivity index (χ1v) is 8.38. The molecular weight excluding hydrogens is 382 g/mol. The first-order valence-electron chi connectivity index (χ1n) is 6.15. The number of hydrogen-bond donors (Lipinski definition) is 2. The molecule has 2 rings (SSSR count). The Labute approximate surface area is 138 Å². The van der Waals surface area contributed by atoms with Crippen molar-refractivity contribution in [3.05, 3.63) is 28.2 Å². The number of carbonyl (C=O) groups is 1. The lowest BCUT2D eigenvalue weighted by Crippen LogP contribution is -2.52. The van der Waals surface area contributed by atoms with E-state index in [2.05, 4.69) is 21.2 Å². The van der Waals surface area contributed by atoms with Gasteiger partial charge in [-0.3, -0.25) is 4.79 Å². The molecule has 1 aromatic rings. The third-order valence-electron chi connectivity index (χ3n) is 3.20. The van der Waals surface area contributed by atoms with Crippen molar-refractivity contribution in [3.8, 4) is 0 Å². The van der Waals surface area contributed by atoms with Crippen LogP contribution in [0.1, 0.15) is 17.3 Å². The van der Waals surface area contributed by atoms with E-state index in [1.807, 2.05) is 6.92 Å². The third kappa shape index (κ3) is 3.95. The normalized spacial score (nSPS) is 19.8. The minimum absolute atomic E-state index is 0. The number of nitrogens with one attached hydrogen (secondary N) is 1. The number of rotatable bonds is 3. The van der Waals surface area contributed by atoms with E-state index in [0.29, 0.717) is 24.1 Å². The van der Waals surface area contributed by atoms with Gasteiger partial charge in [0.25, 0.3) is 0 Å². The molecule has 1 amide bonds. The molecule has 0 spiro atoms. The summed E-state index contributed by atoms with van der Waals surface area (Å²) in [5.41, 5.74) is 5.39. The number of hydrogen-bond acceptors (Lipinski definition) is 4. The molecule has 6 nitrogen and oxygen atoms in total. The molecule has 1 aliphatic rings. The second kappa shape index (κ2) is 7.06. The Hall–Kier alpha value is -0.670. The summed E-state index contributed by atoms with van der Waals surface area (Å²) < 4.78 is 27.2. The maximum Gasteiger partial charge on any atom is 0.248 e. The number of halogens is 2. The zero-order valence-electron chi connectivity index (χ0n) is 11.4. The maximum atomic E-state index is 12.6. The number of nitrogens with two attached hydrogens (primary N) is 1. The summed E-state index contributed by atoms with van der Waals surface area (Å²) in [7, 11) is -3.63. The highest BCUT2D eigenvalue weighted by atomic mass is 79.9. The molecule has 1 aromatic carbocycles. The van der Waals surface area contributed by atoms with E-state index in [4.69, 9.17) is 5.73 Å². The molecular formula is C12H17BrClN3O3S. The molecule has 0 unspecified atom stereocenters. The number of piperazine rings is 1. The fraction of sp³-hybridized carbons (Fsp3) is 0.417. The van der Waals surface area contributed by atoms with Crippen LogP contribution in [0.15, 0.2) is 27.6 Å². The van der Waals surface area contributed by atoms with Crippen molar-refractivity contribution in [1.82, 2.24) is 9.62 Å². The largest absolute Gasteiger partial charge is 0.366 e. The van der Waals surface area contributed by atoms with E-state index in [9.17, 15) is 13.2 Å². The Kier molecular flexibility index (Phi) is 6.18. The van der Waals surface area contributed by atoms with Crippen LogP contribution in [0.3, 0.4) is 0 Å². The molecule has 0 bridgehead atoms. The molecule has 0 saturated carbocycles. The second-order valence-corrected chi connectivity index (χ2v) is 7.51. The van der Waals surface area contributed by atoms with E-state index < -0.39 is 15.9 Å². The molecule has 1 atom stereocenters. The van der Waals surface area contributed by atoms with E-state index >= 15 is 0 Å². The summed E-state index contributed by atoms with van der Waals surface area (Å²) in [6.07, 6.45) is 0.